The minimum atomic E-state index is -0.615. The Morgan fingerprint density at radius 2 is 1.57 bits per heavy atom. The third-order valence-electron chi connectivity index (χ3n) is 3.86. The summed E-state index contributed by atoms with van der Waals surface area (Å²) in [6.07, 6.45) is -0.0410. The largest absolute Gasteiger partial charge is 1.00 e. The Balaban J connectivity index is 0.000000717. The fourth-order valence-corrected chi connectivity index (χ4v) is 2.81. The second-order valence-corrected chi connectivity index (χ2v) is 6.61. The van der Waals surface area contributed by atoms with Crippen molar-refractivity contribution in [2.75, 3.05) is 0 Å². The molecule has 0 radical (unpaired) electrons. The number of hydrogen-bond acceptors (Lipinski definition) is 5. The molecular formula is C22H24LiO5+. The first-order valence-corrected chi connectivity index (χ1v) is 8.78. The van der Waals surface area contributed by atoms with Gasteiger partial charge >= 0.3 is 24.5 Å². The van der Waals surface area contributed by atoms with Crippen LogP contribution in [0.2, 0.25) is 0 Å². The number of carbonyl (C=O) groups is 1. The summed E-state index contributed by atoms with van der Waals surface area (Å²) in [7, 11) is 0. The van der Waals surface area contributed by atoms with Crippen LogP contribution < -0.4 is 24.5 Å². The van der Waals surface area contributed by atoms with Gasteiger partial charge in [0.25, 0.3) is 0 Å². The summed E-state index contributed by atoms with van der Waals surface area (Å²) in [6, 6.07) is 16.0. The minimum Gasteiger partial charge on any atom is -0.507 e. The molecule has 142 valence electrons. The third-order valence-corrected chi connectivity index (χ3v) is 3.86. The summed E-state index contributed by atoms with van der Waals surface area (Å²) in [5.74, 6) is -0.715. The van der Waals surface area contributed by atoms with Crippen LogP contribution in [0.1, 0.15) is 44.2 Å². The van der Waals surface area contributed by atoms with Gasteiger partial charge in [0.2, 0.25) is 0 Å². The number of aliphatic hydroxyl groups excluding tert-OH is 1. The van der Waals surface area contributed by atoms with E-state index in [9.17, 15) is 14.7 Å². The van der Waals surface area contributed by atoms with Gasteiger partial charge in [0.15, 0.2) is 0 Å². The molecule has 0 amide bonds. The molecule has 5 nitrogen and oxygen atoms in total. The number of aromatic hydroxyl groups is 1. The van der Waals surface area contributed by atoms with E-state index in [1.165, 1.54) is 6.92 Å². The molecular weight excluding hydrogens is 351 g/mol. The van der Waals surface area contributed by atoms with Crippen molar-refractivity contribution in [3.05, 3.63) is 76.1 Å². The van der Waals surface area contributed by atoms with Gasteiger partial charge in [-0.3, -0.25) is 4.79 Å². The van der Waals surface area contributed by atoms with Crippen LogP contribution in [-0.4, -0.2) is 22.1 Å². The van der Waals surface area contributed by atoms with Crippen LogP contribution in [0, 0.1) is 0 Å². The number of hydrogen-bond donors (Lipinski definition) is 2. The monoisotopic (exact) mass is 375 g/mol. The third kappa shape index (κ3) is 6.10. The molecule has 28 heavy (non-hydrogen) atoms. The maximum absolute atomic E-state index is 12.4. The first-order valence-electron chi connectivity index (χ1n) is 8.78. The molecule has 3 rings (SSSR count). The molecule has 2 aromatic carbocycles. The first-order chi connectivity index (χ1) is 12.8. The summed E-state index contributed by atoms with van der Waals surface area (Å²) >= 11 is 0. The summed E-state index contributed by atoms with van der Waals surface area (Å²) < 4.78 is 5.33. The van der Waals surface area contributed by atoms with Crippen molar-refractivity contribution < 1.29 is 38.3 Å². The van der Waals surface area contributed by atoms with Crippen LogP contribution in [0.5, 0.6) is 5.75 Å². The standard InChI is InChI=1S/C19H16O4.C3H8O.Li/c1-12(20)11-15(13-7-3-2-4-8-13)17-18(21)14-9-5-6-10-16(14)23-19(17)22;1-3(2)4;/h2-10,15,21H,11H2,1H3;3-4H,1-2H3;/q;;+1. The van der Waals surface area contributed by atoms with E-state index in [0.717, 1.165) is 5.56 Å². The van der Waals surface area contributed by atoms with Gasteiger partial charge in [-0.1, -0.05) is 42.5 Å². The fraction of sp³-hybridized carbons (Fsp3) is 0.273. The second-order valence-electron chi connectivity index (χ2n) is 6.61. The van der Waals surface area contributed by atoms with Crippen molar-refractivity contribution in [1.29, 1.82) is 0 Å². The molecule has 6 heteroatoms. The van der Waals surface area contributed by atoms with Gasteiger partial charge < -0.3 is 14.6 Å². The van der Waals surface area contributed by atoms with Crippen LogP contribution in [-0.2, 0) is 4.79 Å². The van der Waals surface area contributed by atoms with Crippen LogP contribution in [0.25, 0.3) is 11.0 Å². The number of aliphatic hydroxyl groups is 1. The predicted octanol–water partition coefficient (Wildman–Crippen LogP) is 1.00. The molecule has 0 fully saturated rings. The van der Waals surface area contributed by atoms with E-state index in [0.29, 0.717) is 11.0 Å². The van der Waals surface area contributed by atoms with Crippen molar-refractivity contribution in [2.45, 2.75) is 39.2 Å². The van der Waals surface area contributed by atoms with Crippen molar-refractivity contribution in [2.24, 2.45) is 0 Å². The number of Topliss-reactive ketones (excluding diaryl/α,β-unsaturated/α-hetero) is 1. The van der Waals surface area contributed by atoms with E-state index >= 15 is 0 Å². The summed E-state index contributed by atoms with van der Waals surface area (Å²) in [6.45, 7) is 4.91. The Morgan fingerprint density at radius 3 is 2.14 bits per heavy atom. The summed E-state index contributed by atoms with van der Waals surface area (Å²) in [5.41, 5.74) is 0.635. The molecule has 0 saturated carbocycles. The maximum atomic E-state index is 12.4. The summed E-state index contributed by atoms with van der Waals surface area (Å²) in [4.78, 5) is 24.1. The predicted molar refractivity (Wildman–Crippen MR) is 105 cm³/mol. The molecule has 0 saturated heterocycles. The maximum Gasteiger partial charge on any atom is 1.00 e. The van der Waals surface area contributed by atoms with Gasteiger partial charge in [-0.25, -0.2) is 4.79 Å². The zero-order chi connectivity index (χ0) is 20.0. The van der Waals surface area contributed by atoms with Gasteiger partial charge in [0.1, 0.15) is 17.1 Å². The SMILES string of the molecule is CC(=O)CC(c1ccccc1)c1c(O)c2ccccc2oc1=O.CC(C)O.[Li+]. The van der Waals surface area contributed by atoms with E-state index < -0.39 is 11.5 Å². The fourth-order valence-electron chi connectivity index (χ4n) is 2.81. The number of para-hydroxylation sites is 1. The topological polar surface area (TPSA) is 87.7 Å². The van der Waals surface area contributed by atoms with Gasteiger partial charge in [0.05, 0.1) is 10.9 Å². The van der Waals surface area contributed by atoms with E-state index in [-0.39, 0.29) is 48.5 Å². The van der Waals surface area contributed by atoms with Gasteiger partial charge in [-0.2, -0.15) is 0 Å². The number of fused-ring (bicyclic) bond motifs is 1. The van der Waals surface area contributed by atoms with Crippen LogP contribution in [0.4, 0.5) is 0 Å². The molecule has 1 aromatic heterocycles. The Kier molecular flexibility index (Phi) is 9.21. The van der Waals surface area contributed by atoms with Crippen LogP contribution in [0.3, 0.4) is 0 Å². The molecule has 0 bridgehead atoms. The summed E-state index contributed by atoms with van der Waals surface area (Å²) in [5, 5.41) is 19.1. The van der Waals surface area contributed by atoms with E-state index in [4.69, 9.17) is 9.52 Å². The Labute approximate surface area is 176 Å². The average molecular weight is 375 g/mol. The van der Waals surface area contributed by atoms with Gasteiger partial charge in [-0.15, -0.1) is 0 Å². The smallest absolute Gasteiger partial charge is 0.507 e. The quantitative estimate of drug-likeness (QED) is 0.525. The minimum absolute atomic E-state index is 0. The zero-order valence-corrected chi connectivity index (χ0v) is 16.7. The van der Waals surface area contributed by atoms with E-state index in [1.807, 2.05) is 30.3 Å². The molecule has 0 aliphatic rings. The number of ketones is 1. The van der Waals surface area contributed by atoms with Crippen molar-refractivity contribution in [3.8, 4) is 5.75 Å². The van der Waals surface area contributed by atoms with Gasteiger partial charge in [0, 0.05) is 18.4 Å². The zero-order valence-electron chi connectivity index (χ0n) is 16.7. The van der Waals surface area contributed by atoms with Crippen molar-refractivity contribution in [3.63, 3.8) is 0 Å². The molecule has 0 spiro atoms. The van der Waals surface area contributed by atoms with E-state index in [1.54, 1.807) is 38.1 Å². The molecule has 1 heterocycles. The normalized spacial score (nSPS) is 11.3. The molecule has 2 N–H and O–H groups in total. The first kappa shape index (κ1) is 23.7. The molecule has 1 unspecified atom stereocenters. The van der Waals surface area contributed by atoms with Crippen molar-refractivity contribution >= 4 is 16.8 Å². The Hall–Kier alpha value is -2.32. The number of carbonyl (C=O) groups excluding carboxylic acids is 1. The molecule has 3 aromatic rings. The van der Waals surface area contributed by atoms with Gasteiger partial charge in [-0.05, 0) is 38.5 Å². The molecule has 0 aliphatic heterocycles. The molecule has 0 aliphatic carbocycles. The van der Waals surface area contributed by atoms with Crippen LogP contribution >= 0.6 is 0 Å². The number of benzene rings is 2. The second kappa shape index (κ2) is 10.9. The van der Waals surface area contributed by atoms with Crippen LogP contribution in [0.15, 0.2) is 63.8 Å². The average Bonchev–Trinajstić information content (AvgIpc) is 2.61. The van der Waals surface area contributed by atoms with Crippen molar-refractivity contribution in [1.82, 2.24) is 0 Å². The Bertz CT molecular complexity index is 961. The number of rotatable bonds is 4. The molecule has 1 atom stereocenters. The van der Waals surface area contributed by atoms with E-state index in [2.05, 4.69) is 0 Å². The Morgan fingerprint density at radius 1 is 1.04 bits per heavy atom.